The van der Waals surface area contributed by atoms with Gasteiger partial charge in [-0.15, -0.1) is 0 Å². The van der Waals surface area contributed by atoms with E-state index in [9.17, 15) is 15.3 Å². The van der Waals surface area contributed by atoms with Crippen LogP contribution in [0.2, 0.25) is 0 Å². The fourth-order valence-electron chi connectivity index (χ4n) is 1.44. The van der Waals surface area contributed by atoms with Crippen molar-refractivity contribution in [1.82, 2.24) is 0 Å². The predicted octanol–water partition coefficient (Wildman–Crippen LogP) is -2.82. The Balaban J connectivity index is 2.56. The predicted molar refractivity (Wildman–Crippen MR) is 51.4 cm³/mol. The Kier molecular flexibility index (Phi) is 5.06. The Labute approximate surface area is 92.9 Å². The van der Waals surface area contributed by atoms with E-state index in [4.69, 9.17) is 19.7 Å². The van der Waals surface area contributed by atoms with E-state index in [1.807, 2.05) is 0 Å². The van der Waals surface area contributed by atoms with Crippen molar-refractivity contribution in [3.8, 4) is 0 Å². The van der Waals surface area contributed by atoms with Crippen molar-refractivity contribution in [3.05, 3.63) is 0 Å². The minimum absolute atomic E-state index is 0.0807. The van der Waals surface area contributed by atoms with Gasteiger partial charge >= 0.3 is 0 Å². The van der Waals surface area contributed by atoms with Crippen LogP contribution in [0.1, 0.15) is 6.92 Å². The molecule has 1 rings (SSSR count). The number of rotatable bonds is 4. The van der Waals surface area contributed by atoms with Crippen molar-refractivity contribution in [2.24, 2.45) is 0 Å². The van der Waals surface area contributed by atoms with Gasteiger partial charge in [-0.05, 0) is 6.92 Å². The average molecular weight is 238 g/mol. The summed E-state index contributed by atoms with van der Waals surface area (Å²) in [4.78, 5) is 0. The van der Waals surface area contributed by atoms with Gasteiger partial charge in [0.25, 0.3) is 0 Å². The van der Waals surface area contributed by atoms with Gasteiger partial charge in [-0.25, -0.2) is 0 Å². The molecule has 0 amide bonds. The van der Waals surface area contributed by atoms with E-state index in [-0.39, 0.29) is 6.61 Å². The smallest absolute Gasteiger partial charge is 0.186 e. The Morgan fingerprint density at radius 2 is 1.81 bits per heavy atom. The van der Waals surface area contributed by atoms with Gasteiger partial charge < -0.3 is 35.0 Å². The summed E-state index contributed by atoms with van der Waals surface area (Å²) in [5, 5.41) is 46.2. The van der Waals surface area contributed by atoms with Crippen molar-refractivity contribution in [2.75, 3.05) is 13.2 Å². The highest BCUT2D eigenvalue weighted by atomic mass is 16.7. The van der Waals surface area contributed by atoms with Crippen LogP contribution in [0.4, 0.5) is 0 Å². The summed E-state index contributed by atoms with van der Waals surface area (Å²) in [6.07, 6.45) is -7.18. The molecule has 0 bridgehead atoms. The molecule has 0 aromatic heterocycles. The Bertz CT molecular complexity index is 208. The zero-order chi connectivity index (χ0) is 12.3. The van der Waals surface area contributed by atoms with Crippen molar-refractivity contribution in [3.63, 3.8) is 0 Å². The van der Waals surface area contributed by atoms with Crippen LogP contribution in [0.15, 0.2) is 0 Å². The highest BCUT2D eigenvalue weighted by Gasteiger charge is 2.43. The molecule has 0 aromatic carbocycles. The lowest BCUT2D eigenvalue weighted by atomic mass is 9.99. The summed E-state index contributed by atoms with van der Waals surface area (Å²) in [5.41, 5.74) is 0. The lowest BCUT2D eigenvalue weighted by Gasteiger charge is -2.39. The third-order valence-corrected chi connectivity index (χ3v) is 2.35. The van der Waals surface area contributed by atoms with Gasteiger partial charge in [0.15, 0.2) is 6.29 Å². The zero-order valence-electron chi connectivity index (χ0n) is 8.93. The Morgan fingerprint density at radius 3 is 2.31 bits per heavy atom. The highest BCUT2D eigenvalue weighted by molar-refractivity contribution is 4.88. The molecule has 1 unspecified atom stereocenters. The molecule has 0 spiro atoms. The molecule has 1 aliphatic rings. The first-order valence-electron chi connectivity index (χ1n) is 5.07. The molecule has 16 heavy (non-hydrogen) atoms. The normalized spacial score (nSPS) is 42.0. The second-order valence-corrected chi connectivity index (χ2v) is 3.88. The minimum Gasteiger partial charge on any atom is -0.394 e. The van der Waals surface area contributed by atoms with Crippen LogP contribution in [-0.2, 0) is 9.47 Å². The van der Waals surface area contributed by atoms with Gasteiger partial charge in [0, 0.05) is 0 Å². The minimum atomic E-state index is -1.45. The molecule has 0 aliphatic carbocycles. The molecule has 1 heterocycles. The average Bonchev–Trinajstić information content (AvgIpc) is 2.25. The number of aliphatic hydroxyl groups excluding tert-OH is 5. The van der Waals surface area contributed by atoms with Crippen LogP contribution >= 0.6 is 0 Å². The van der Waals surface area contributed by atoms with Gasteiger partial charge in [0.2, 0.25) is 0 Å². The summed E-state index contributed by atoms with van der Waals surface area (Å²) in [5.74, 6) is 0. The molecule has 1 saturated heterocycles. The molecule has 1 aliphatic heterocycles. The summed E-state index contributed by atoms with van der Waals surface area (Å²) in [7, 11) is 0. The highest BCUT2D eigenvalue weighted by Crippen LogP contribution is 2.21. The standard InChI is InChI=1S/C9H18O7/c1-4(11)3-15-9-8(14)7(13)6(12)5(2-10)16-9/h4-14H,2-3H2,1H3/t4?,5-,6-,7+,8-,9+/m1/s1. The van der Waals surface area contributed by atoms with E-state index in [1.165, 1.54) is 6.92 Å². The van der Waals surface area contributed by atoms with E-state index < -0.39 is 43.4 Å². The molecule has 7 nitrogen and oxygen atoms in total. The Hall–Kier alpha value is -0.280. The molecule has 0 saturated carbocycles. The zero-order valence-corrected chi connectivity index (χ0v) is 8.93. The van der Waals surface area contributed by atoms with Crippen molar-refractivity contribution in [1.29, 1.82) is 0 Å². The SMILES string of the molecule is CC(O)CO[C@H]1O[C@H](CO)[C@@H](O)[C@H](O)[C@H]1O. The Morgan fingerprint density at radius 1 is 1.19 bits per heavy atom. The van der Waals surface area contributed by atoms with Crippen LogP contribution < -0.4 is 0 Å². The lowest BCUT2D eigenvalue weighted by Crippen LogP contribution is -2.59. The van der Waals surface area contributed by atoms with Crippen LogP contribution in [0.5, 0.6) is 0 Å². The van der Waals surface area contributed by atoms with Gasteiger partial charge in [-0.3, -0.25) is 0 Å². The summed E-state index contributed by atoms with van der Waals surface area (Å²) >= 11 is 0. The maximum Gasteiger partial charge on any atom is 0.186 e. The van der Waals surface area contributed by atoms with Crippen molar-refractivity contribution < 1.29 is 35.0 Å². The van der Waals surface area contributed by atoms with Gasteiger partial charge in [0.05, 0.1) is 19.3 Å². The number of hydrogen-bond donors (Lipinski definition) is 5. The first-order chi connectivity index (χ1) is 7.47. The van der Waals surface area contributed by atoms with Gasteiger partial charge in [0.1, 0.15) is 24.4 Å². The fourth-order valence-corrected chi connectivity index (χ4v) is 1.44. The molecular weight excluding hydrogens is 220 g/mol. The van der Waals surface area contributed by atoms with E-state index in [0.717, 1.165) is 0 Å². The second-order valence-electron chi connectivity index (χ2n) is 3.88. The summed E-state index contributed by atoms with van der Waals surface area (Å²) in [6, 6.07) is 0. The van der Waals surface area contributed by atoms with Crippen LogP contribution in [0, 0.1) is 0 Å². The van der Waals surface area contributed by atoms with E-state index in [2.05, 4.69) is 0 Å². The number of hydrogen-bond acceptors (Lipinski definition) is 7. The largest absolute Gasteiger partial charge is 0.394 e. The van der Waals surface area contributed by atoms with Crippen molar-refractivity contribution in [2.45, 2.75) is 43.7 Å². The molecule has 0 aromatic rings. The molecule has 7 heteroatoms. The third-order valence-electron chi connectivity index (χ3n) is 2.35. The first-order valence-corrected chi connectivity index (χ1v) is 5.07. The molecule has 6 atom stereocenters. The molecule has 96 valence electrons. The number of ether oxygens (including phenoxy) is 2. The fraction of sp³-hybridized carbons (Fsp3) is 1.00. The molecule has 1 fully saturated rings. The molecule has 0 radical (unpaired) electrons. The first kappa shape index (κ1) is 13.8. The van der Waals surface area contributed by atoms with Crippen molar-refractivity contribution >= 4 is 0 Å². The van der Waals surface area contributed by atoms with Gasteiger partial charge in [-0.2, -0.15) is 0 Å². The topological polar surface area (TPSA) is 120 Å². The van der Waals surface area contributed by atoms with E-state index >= 15 is 0 Å². The van der Waals surface area contributed by atoms with Crippen LogP contribution in [0.25, 0.3) is 0 Å². The maximum atomic E-state index is 9.51. The second kappa shape index (κ2) is 5.87. The molecular formula is C9H18O7. The maximum absolute atomic E-state index is 9.51. The van der Waals surface area contributed by atoms with Crippen LogP contribution in [-0.4, -0.2) is 75.6 Å². The number of aliphatic hydroxyl groups is 5. The third kappa shape index (κ3) is 3.11. The quantitative estimate of drug-likeness (QED) is 0.358. The van der Waals surface area contributed by atoms with E-state index in [1.54, 1.807) is 0 Å². The summed E-state index contributed by atoms with van der Waals surface area (Å²) < 4.78 is 10.0. The van der Waals surface area contributed by atoms with Gasteiger partial charge in [-0.1, -0.05) is 0 Å². The van der Waals surface area contributed by atoms with Crippen LogP contribution in [0.3, 0.4) is 0 Å². The lowest BCUT2D eigenvalue weighted by molar-refractivity contribution is -0.304. The monoisotopic (exact) mass is 238 g/mol. The van der Waals surface area contributed by atoms with E-state index in [0.29, 0.717) is 0 Å². The molecule has 5 N–H and O–H groups in total. The summed E-state index contributed by atoms with van der Waals surface area (Å²) in [6.45, 7) is 0.909.